The van der Waals surface area contributed by atoms with Crippen molar-refractivity contribution in [1.29, 1.82) is 0 Å². The Balaban J connectivity index is 1.39. The molecule has 36 heavy (non-hydrogen) atoms. The van der Waals surface area contributed by atoms with Gasteiger partial charge in [0.15, 0.2) is 11.6 Å². The average Bonchev–Trinajstić information content (AvgIpc) is 2.89. The molecule has 0 aliphatic carbocycles. The number of rotatable bonds is 6. The van der Waals surface area contributed by atoms with Crippen LogP contribution in [0.25, 0.3) is 22.0 Å². The van der Waals surface area contributed by atoms with Crippen LogP contribution in [0.3, 0.4) is 0 Å². The number of carbonyl (C=O) groups excluding carboxylic acids is 1. The number of hydrogen-bond donors (Lipinski definition) is 1. The lowest BCUT2D eigenvalue weighted by Crippen LogP contribution is -2.30. The molecule has 0 spiro atoms. The van der Waals surface area contributed by atoms with Crippen molar-refractivity contribution in [2.24, 2.45) is 0 Å². The Kier molecular flexibility index (Phi) is 6.23. The van der Waals surface area contributed by atoms with E-state index in [1.54, 1.807) is 48.5 Å². The van der Waals surface area contributed by atoms with Crippen LogP contribution < -0.4 is 15.6 Å². The molecule has 0 atom stereocenters. The summed E-state index contributed by atoms with van der Waals surface area (Å²) >= 11 is 0. The number of benzene rings is 4. The fourth-order valence-electron chi connectivity index (χ4n) is 3.77. The van der Waals surface area contributed by atoms with E-state index >= 15 is 0 Å². The highest BCUT2D eigenvalue weighted by molar-refractivity contribution is 5.94. The Bertz CT molecular complexity index is 1620. The quantitative estimate of drug-likeness (QED) is 0.333. The average molecular weight is 483 g/mol. The smallest absolute Gasteiger partial charge is 0.275 e. The van der Waals surface area contributed by atoms with Gasteiger partial charge in [-0.05, 0) is 60.7 Å². The summed E-state index contributed by atoms with van der Waals surface area (Å²) in [7, 11) is 0. The number of fused-ring (bicyclic) bond motifs is 1. The van der Waals surface area contributed by atoms with Crippen molar-refractivity contribution in [2.45, 2.75) is 6.54 Å². The molecule has 1 heterocycles. The van der Waals surface area contributed by atoms with Crippen LogP contribution in [0.5, 0.6) is 11.5 Å². The molecule has 0 aliphatic heterocycles. The molecular weight excluding hydrogens is 464 g/mol. The standard InChI is InChI=1S/C28H19F2N3O3/c29-24-15-10-18(16-25(24)30)27-22-8-4-5-9-23(22)28(35)33(32-27)17-26(34)31-19-11-13-21(14-12-19)36-20-6-2-1-3-7-20/h1-16H,17H2,(H,31,34). The number of nitrogens with zero attached hydrogens (tertiary/aromatic N) is 2. The monoisotopic (exact) mass is 483 g/mol. The first-order valence-corrected chi connectivity index (χ1v) is 11.1. The van der Waals surface area contributed by atoms with Crippen LogP contribution in [-0.2, 0) is 11.3 Å². The van der Waals surface area contributed by atoms with Gasteiger partial charge in [0.05, 0.1) is 11.1 Å². The number of amides is 1. The lowest BCUT2D eigenvalue weighted by molar-refractivity contribution is -0.117. The predicted molar refractivity (Wildman–Crippen MR) is 133 cm³/mol. The number of ether oxygens (including phenoxy) is 1. The summed E-state index contributed by atoms with van der Waals surface area (Å²) in [6.45, 7) is -0.372. The molecule has 1 amide bonds. The van der Waals surface area contributed by atoms with E-state index < -0.39 is 23.1 Å². The molecule has 0 saturated heterocycles. The van der Waals surface area contributed by atoms with Crippen molar-refractivity contribution < 1.29 is 18.3 Å². The van der Waals surface area contributed by atoms with E-state index in [9.17, 15) is 18.4 Å². The molecule has 1 aromatic heterocycles. The van der Waals surface area contributed by atoms with Crippen molar-refractivity contribution in [3.63, 3.8) is 0 Å². The maximum atomic E-state index is 13.9. The van der Waals surface area contributed by atoms with Crippen LogP contribution in [-0.4, -0.2) is 15.7 Å². The van der Waals surface area contributed by atoms with E-state index in [1.807, 2.05) is 30.3 Å². The maximum Gasteiger partial charge on any atom is 0.275 e. The number of aromatic nitrogens is 2. The zero-order chi connectivity index (χ0) is 25.1. The second kappa shape index (κ2) is 9.79. The molecule has 5 rings (SSSR count). The van der Waals surface area contributed by atoms with Gasteiger partial charge in [-0.25, -0.2) is 13.5 Å². The van der Waals surface area contributed by atoms with Crippen LogP contribution >= 0.6 is 0 Å². The van der Waals surface area contributed by atoms with Crippen molar-refractivity contribution in [1.82, 2.24) is 9.78 Å². The summed E-state index contributed by atoms with van der Waals surface area (Å²) in [5.41, 5.74) is 0.585. The second-order valence-corrected chi connectivity index (χ2v) is 7.97. The highest BCUT2D eigenvalue weighted by atomic mass is 19.2. The Morgan fingerprint density at radius 2 is 1.47 bits per heavy atom. The molecule has 5 aromatic rings. The third kappa shape index (κ3) is 4.83. The number of para-hydroxylation sites is 1. The summed E-state index contributed by atoms with van der Waals surface area (Å²) < 4.78 is 34.1. The second-order valence-electron chi connectivity index (χ2n) is 7.97. The highest BCUT2D eigenvalue weighted by Gasteiger charge is 2.16. The molecule has 4 aromatic carbocycles. The van der Waals surface area contributed by atoms with Gasteiger partial charge >= 0.3 is 0 Å². The zero-order valence-corrected chi connectivity index (χ0v) is 18.8. The molecule has 0 saturated carbocycles. The minimum Gasteiger partial charge on any atom is -0.457 e. The first-order chi connectivity index (χ1) is 17.5. The Hall–Kier alpha value is -4.85. The van der Waals surface area contributed by atoms with Crippen molar-refractivity contribution in [2.75, 3.05) is 5.32 Å². The largest absolute Gasteiger partial charge is 0.457 e. The van der Waals surface area contributed by atoms with Gasteiger partial charge in [0, 0.05) is 16.6 Å². The summed E-state index contributed by atoms with van der Waals surface area (Å²) in [4.78, 5) is 25.8. The molecule has 178 valence electrons. The van der Waals surface area contributed by atoms with Crippen LogP contribution in [0.15, 0.2) is 102 Å². The number of halogens is 2. The molecule has 6 nitrogen and oxygen atoms in total. The normalized spacial score (nSPS) is 10.8. The molecule has 0 fully saturated rings. The highest BCUT2D eigenvalue weighted by Crippen LogP contribution is 2.26. The van der Waals surface area contributed by atoms with Gasteiger partial charge in [-0.2, -0.15) is 5.10 Å². The van der Waals surface area contributed by atoms with Gasteiger partial charge in [-0.3, -0.25) is 9.59 Å². The molecule has 0 bridgehead atoms. The molecule has 8 heteroatoms. The van der Waals surface area contributed by atoms with E-state index in [0.29, 0.717) is 28.0 Å². The van der Waals surface area contributed by atoms with E-state index in [0.717, 1.165) is 16.8 Å². The topological polar surface area (TPSA) is 73.2 Å². The summed E-state index contributed by atoms with van der Waals surface area (Å²) in [5, 5.41) is 7.83. The summed E-state index contributed by atoms with van der Waals surface area (Å²) in [6.07, 6.45) is 0. The molecule has 1 N–H and O–H groups in total. The van der Waals surface area contributed by atoms with Gasteiger partial charge < -0.3 is 10.1 Å². The van der Waals surface area contributed by atoms with Gasteiger partial charge in [0.1, 0.15) is 18.0 Å². The first-order valence-electron chi connectivity index (χ1n) is 11.1. The lowest BCUT2D eigenvalue weighted by Gasteiger charge is -2.12. The lowest BCUT2D eigenvalue weighted by atomic mass is 10.0. The minimum absolute atomic E-state index is 0.263. The Labute approximate surface area is 204 Å². The first kappa shape index (κ1) is 22.9. The fourth-order valence-corrected chi connectivity index (χ4v) is 3.77. The maximum absolute atomic E-state index is 13.9. The Morgan fingerprint density at radius 3 is 2.19 bits per heavy atom. The summed E-state index contributed by atoms with van der Waals surface area (Å²) in [5.74, 6) is -1.21. The van der Waals surface area contributed by atoms with Crippen LogP contribution in [0.4, 0.5) is 14.5 Å². The SMILES string of the molecule is O=C(Cn1nc(-c2ccc(F)c(F)c2)c2ccccc2c1=O)Nc1ccc(Oc2ccccc2)cc1. The third-order valence-electron chi connectivity index (χ3n) is 5.47. The number of carbonyl (C=O) groups is 1. The zero-order valence-electron chi connectivity index (χ0n) is 18.8. The minimum atomic E-state index is -1.03. The molecular formula is C28H19F2N3O3. The number of nitrogens with one attached hydrogen (secondary N) is 1. The fraction of sp³-hybridized carbons (Fsp3) is 0.0357. The molecule has 0 aliphatic rings. The van der Waals surface area contributed by atoms with Crippen LogP contribution in [0.1, 0.15) is 0 Å². The molecule has 0 radical (unpaired) electrons. The van der Waals surface area contributed by atoms with E-state index in [1.165, 1.54) is 6.07 Å². The number of hydrogen-bond acceptors (Lipinski definition) is 4. The van der Waals surface area contributed by atoms with E-state index in [-0.39, 0.29) is 17.8 Å². The predicted octanol–water partition coefficient (Wildman–Crippen LogP) is 5.77. The van der Waals surface area contributed by atoms with Crippen molar-refractivity contribution in [3.8, 4) is 22.8 Å². The van der Waals surface area contributed by atoms with Crippen molar-refractivity contribution >= 4 is 22.4 Å². The number of anilines is 1. The van der Waals surface area contributed by atoms with Crippen molar-refractivity contribution in [3.05, 3.63) is 119 Å². The molecule has 0 unspecified atom stereocenters. The van der Waals surface area contributed by atoms with Gasteiger partial charge in [-0.1, -0.05) is 36.4 Å². The van der Waals surface area contributed by atoms with E-state index in [4.69, 9.17) is 4.74 Å². The summed E-state index contributed by atoms with van der Waals surface area (Å²) in [6, 6.07) is 26.1. The van der Waals surface area contributed by atoms with Gasteiger partial charge in [0.2, 0.25) is 5.91 Å². The van der Waals surface area contributed by atoms with Gasteiger partial charge in [-0.15, -0.1) is 0 Å². The van der Waals surface area contributed by atoms with Crippen LogP contribution in [0, 0.1) is 11.6 Å². The van der Waals surface area contributed by atoms with E-state index in [2.05, 4.69) is 10.4 Å². The van der Waals surface area contributed by atoms with Gasteiger partial charge in [0.25, 0.3) is 5.56 Å². The van der Waals surface area contributed by atoms with Crippen LogP contribution in [0.2, 0.25) is 0 Å². The Morgan fingerprint density at radius 1 is 0.806 bits per heavy atom. The third-order valence-corrected chi connectivity index (χ3v) is 5.47.